The first-order valence-corrected chi connectivity index (χ1v) is 11.8. The zero-order valence-corrected chi connectivity index (χ0v) is 19.3. The number of likely N-dealkylation sites (N-methyl/N-ethyl adjacent to an activating group) is 1. The number of rotatable bonds is 4. The second kappa shape index (κ2) is 9.25. The Bertz CT molecular complexity index is 1180. The molecule has 0 amide bonds. The van der Waals surface area contributed by atoms with Crippen molar-refractivity contribution in [2.24, 2.45) is 0 Å². The number of allylic oxidation sites excluding steroid dienone is 1. The smallest absolute Gasteiger partial charge is 0.228 e. The minimum Gasteiger partial charge on any atom is -0.399 e. The van der Waals surface area contributed by atoms with Crippen LogP contribution in [0.1, 0.15) is 11.1 Å². The molecule has 3 N–H and O–H groups in total. The summed E-state index contributed by atoms with van der Waals surface area (Å²) in [6.45, 7) is 4.24. The number of nitrogens with zero attached hydrogens (tertiary/aromatic N) is 4. The van der Waals surface area contributed by atoms with E-state index in [0.29, 0.717) is 23.0 Å². The van der Waals surface area contributed by atoms with E-state index in [9.17, 15) is 4.79 Å². The second-order valence-electron chi connectivity index (χ2n) is 8.36. The third kappa shape index (κ3) is 5.02. The number of hydrogen-bond donors (Lipinski definition) is 2. The van der Waals surface area contributed by atoms with Crippen molar-refractivity contribution in [3.63, 3.8) is 0 Å². The molecule has 1 fully saturated rings. The Morgan fingerprint density at radius 3 is 2.48 bits per heavy atom. The predicted molar refractivity (Wildman–Crippen MR) is 135 cm³/mol. The van der Waals surface area contributed by atoms with E-state index in [1.807, 2.05) is 30.3 Å². The van der Waals surface area contributed by atoms with Crippen LogP contribution >= 0.6 is 11.8 Å². The number of carbonyl (C=O) groups excluding carboxylic acids is 1. The summed E-state index contributed by atoms with van der Waals surface area (Å²) in [5, 5.41) is 4.10. The van der Waals surface area contributed by atoms with Gasteiger partial charge in [0.2, 0.25) is 5.95 Å². The molecule has 0 saturated carbocycles. The maximum atomic E-state index is 12.6. The lowest BCUT2D eigenvalue weighted by molar-refractivity contribution is -0.114. The number of piperazine rings is 1. The van der Waals surface area contributed by atoms with Crippen molar-refractivity contribution in [2.75, 3.05) is 49.2 Å². The van der Waals surface area contributed by atoms with Crippen LogP contribution in [0.4, 0.5) is 23.0 Å². The number of carbonyl (C=O) groups is 1. The van der Waals surface area contributed by atoms with Crippen LogP contribution in [0.25, 0.3) is 6.08 Å². The van der Waals surface area contributed by atoms with Crippen molar-refractivity contribution < 1.29 is 4.79 Å². The van der Waals surface area contributed by atoms with Crippen molar-refractivity contribution in [1.29, 1.82) is 0 Å². The first kappa shape index (κ1) is 21.5. The third-order valence-electron chi connectivity index (χ3n) is 5.88. The number of aromatic nitrogens is 2. The molecule has 0 atom stereocenters. The summed E-state index contributed by atoms with van der Waals surface area (Å²) in [7, 11) is 2.16. The molecular weight excluding hydrogens is 432 g/mol. The number of thioether (sulfide) groups is 1. The standard InChI is InChI=1S/C25H26N6OS/c1-30-10-12-31(13-11-30)21-8-6-20(7-9-21)28-25-27-16-18-15-22(32)23(33-24(18)29-25)14-17-2-4-19(26)5-3-17/h2-9,14,16H,10-13,15,26H2,1H3,(H,27,28,29)/b23-14+. The van der Waals surface area contributed by atoms with Crippen LogP contribution in [0, 0.1) is 0 Å². The molecule has 2 aromatic carbocycles. The molecule has 0 spiro atoms. The molecule has 3 heterocycles. The lowest BCUT2D eigenvalue weighted by Gasteiger charge is -2.34. The van der Waals surface area contributed by atoms with E-state index in [2.05, 4.69) is 56.4 Å². The fraction of sp³-hybridized carbons (Fsp3) is 0.240. The van der Waals surface area contributed by atoms with Crippen molar-refractivity contribution in [1.82, 2.24) is 14.9 Å². The highest BCUT2D eigenvalue weighted by atomic mass is 32.2. The molecular formula is C25H26N6OS. The average Bonchev–Trinajstić information content (AvgIpc) is 2.82. The molecule has 8 heteroatoms. The topological polar surface area (TPSA) is 87.4 Å². The molecule has 0 radical (unpaired) electrons. The Morgan fingerprint density at radius 2 is 1.76 bits per heavy atom. The summed E-state index contributed by atoms with van der Waals surface area (Å²) in [6, 6.07) is 15.9. The van der Waals surface area contributed by atoms with Gasteiger partial charge in [-0.2, -0.15) is 0 Å². The number of benzene rings is 2. The third-order valence-corrected chi connectivity index (χ3v) is 7.00. The van der Waals surface area contributed by atoms with E-state index >= 15 is 0 Å². The van der Waals surface area contributed by atoms with E-state index in [-0.39, 0.29) is 5.78 Å². The van der Waals surface area contributed by atoms with E-state index in [0.717, 1.165) is 48.0 Å². The normalized spacial score (nSPS) is 17.8. The Hall–Kier alpha value is -3.36. The molecule has 1 saturated heterocycles. The molecule has 168 valence electrons. The van der Waals surface area contributed by atoms with Gasteiger partial charge < -0.3 is 20.9 Å². The van der Waals surface area contributed by atoms with Gasteiger partial charge in [-0.25, -0.2) is 9.97 Å². The summed E-state index contributed by atoms with van der Waals surface area (Å²) in [4.78, 5) is 27.1. The first-order valence-electron chi connectivity index (χ1n) is 11.0. The van der Waals surface area contributed by atoms with Crippen LogP contribution in [-0.2, 0) is 11.2 Å². The Morgan fingerprint density at radius 1 is 1.03 bits per heavy atom. The van der Waals surface area contributed by atoms with Gasteiger partial charge >= 0.3 is 0 Å². The Kier molecular flexibility index (Phi) is 6.02. The number of nitrogens with one attached hydrogen (secondary N) is 1. The highest BCUT2D eigenvalue weighted by Crippen LogP contribution is 2.36. The van der Waals surface area contributed by atoms with Gasteiger partial charge in [0.25, 0.3) is 0 Å². The summed E-state index contributed by atoms with van der Waals surface area (Å²) in [5.41, 5.74) is 10.4. The van der Waals surface area contributed by atoms with Gasteiger partial charge in [-0.3, -0.25) is 4.79 Å². The minimum absolute atomic E-state index is 0.0770. The largest absolute Gasteiger partial charge is 0.399 e. The molecule has 2 aliphatic rings. The van der Waals surface area contributed by atoms with Crippen molar-refractivity contribution in [3.05, 3.63) is 70.8 Å². The van der Waals surface area contributed by atoms with Gasteiger partial charge in [-0.15, -0.1) is 0 Å². The van der Waals surface area contributed by atoms with Gasteiger partial charge in [0.05, 0.1) is 4.91 Å². The van der Waals surface area contributed by atoms with Gasteiger partial charge in [0.15, 0.2) is 5.78 Å². The summed E-state index contributed by atoms with van der Waals surface area (Å²) in [5.74, 6) is 0.600. The molecule has 0 aliphatic carbocycles. The molecule has 5 rings (SSSR count). The highest BCUT2D eigenvalue weighted by molar-refractivity contribution is 8.04. The van der Waals surface area contributed by atoms with Crippen LogP contribution in [0.2, 0.25) is 0 Å². The first-order chi connectivity index (χ1) is 16.0. The van der Waals surface area contributed by atoms with Crippen LogP contribution < -0.4 is 16.0 Å². The molecule has 3 aromatic rings. The minimum atomic E-state index is 0.0770. The monoisotopic (exact) mass is 458 g/mol. The van der Waals surface area contributed by atoms with E-state index in [4.69, 9.17) is 5.73 Å². The van der Waals surface area contributed by atoms with E-state index in [1.165, 1.54) is 17.4 Å². The van der Waals surface area contributed by atoms with Crippen LogP contribution in [0.5, 0.6) is 0 Å². The van der Waals surface area contributed by atoms with Crippen LogP contribution in [0.15, 0.2) is 64.7 Å². The number of ketones is 1. The number of hydrogen-bond acceptors (Lipinski definition) is 8. The predicted octanol–water partition coefficient (Wildman–Crippen LogP) is 3.81. The lowest BCUT2D eigenvalue weighted by atomic mass is 10.1. The molecule has 2 aliphatic heterocycles. The highest BCUT2D eigenvalue weighted by Gasteiger charge is 2.24. The van der Waals surface area contributed by atoms with Crippen molar-refractivity contribution in [2.45, 2.75) is 11.4 Å². The quantitative estimate of drug-likeness (QED) is 0.347. The van der Waals surface area contributed by atoms with Crippen LogP contribution in [-0.4, -0.2) is 53.9 Å². The molecule has 7 nitrogen and oxygen atoms in total. The van der Waals surface area contributed by atoms with Crippen LogP contribution in [0.3, 0.4) is 0 Å². The Labute approximate surface area is 197 Å². The maximum Gasteiger partial charge on any atom is 0.228 e. The summed E-state index contributed by atoms with van der Waals surface area (Å²) < 4.78 is 0. The molecule has 0 bridgehead atoms. The van der Waals surface area contributed by atoms with Gasteiger partial charge in [-0.05, 0) is 55.1 Å². The van der Waals surface area contributed by atoms with Crippen molar-refractivity contribution in [3.8, 4) is 0 Å². The lowest BCUT2D eigenvalue weighted by Crippen LogP contribution is -2.44. The zero-order chi connectivity index (χ0) is 22.8. The number of nitrogen functional groups attached to an aromatic ring is 1. The van der Waals surface area contributed by atoms with E-state index < -0.39 is 0 Å². The number of anilines is 4. The van der Waals surface area contributed by atoms with E-state index in [1.54, 1.807) is 6.20 Å². The second-order valence-corrected chi connectivity index (χ2v) is 9.39. The number of nitrogens with two attached hydrogens (primary N) is 1. The summed E-state index contributed by atoms with van der Waals surface area (Å²) in [6.07, 6.45) is 3.94. The number of Topliss-reactive ketones (excluding diaryl/α,β-unsaturated/α-hetero) is 1. The molecule has 1 aromatic heterocycles. The fourth-order valence-electron chi connectivity index (χ4n) is 3.89. The Balaban J connectivity index is 1.30. The zero-order valence-electron chi connectivity index (χ0n) is 18.5. The maximum absolute atomic E-state index is 12.6. The summed E-state index contributed by atoms with van der Waals surface area (Å²) >= 11 is 1.39. The van der Waals surface area contributed by atoms with Gasteiger partial charge in [0.1, 0.15) is 5.03 Å². The van der Waals surface area contributed by atoms with Gasteiger partial charge in [0, 0.05) is 61.4 Å². The molecule has 0 unspecified atom stereocenters. The van der Waals surface area contributed by atoms with Gasteiger partial charge in [-0.1, -0.05) is 23.9 Å². The SMILES string of the molecule is CN1CCN(c2ccc(Nc3ncc4c(n3)S/C(=C/c3ccc(N)cc3)C(=O)C4)cc2)CC1. The number of fused-ring (bicyclic) bond motifs is 1. The molecule has 33 heavy (non-hydrogen) atoms. The van der Waals surface area contributed by atoms with Crippen molar-refractivity contribution >= 4 is 46.6 Å². The average molecular weight is 459 g/mol. The fourth-order valence-corrected chi connectivity index (χ4v) is 4.86.